The Balaban J connectivity index is 0.000000402. The van der Waals surface area contributed by atoms with Crippen molar-refractivity contribution in [3.8, 4) is 34.5 Å². The van der Waals surface area contributed by atoms with Crippen LogP contribution in [0.15, 0.2) is 72.8 Å². The second kappa shape index (κ2) is 35.7. The standard InChI is InChI=1S/C58H92O4.C37H52O3/c1-16-17-18-19-20-21-22-23-24-25-26-27-28-29-30-31-32-44(37-43-38-48(56(7,8)9)52(60)49(39-43)57(10,11)12)54(61)62-53-46(34-42(3)36-50(53)58(13,14)15)40-45-33-41(2)35-47(51(45)59)55(4,5)6;1-21(25-18-29(35(5,6)7)32(38)15-22(25)2)14-28(26-19-30(36(8,9)10)33(39)16-23(26)3)27-20-31(37(11,12)13)34(40)17-24(27)4/h33-36,38-39,44,59-60H,16-32,37,40H2,1-15H3;15-21,28,38-40H,14H2,1-13H3. The van der Waals surface area contributed by atoms with Crippen LogP contribution in [0.1, 0.15) is 387 Å². The molecule has 0 aliphatic carbocycles. The third-order valence-electron chi connectivity index (χ3n) is 21.3. The summed E-state index contributed by atoms with van der Waals surface area (Å²) < 4.78 is 6.76. The first-order valence-corrected chi connectivity index (χ1v) is 39.5. The van der Waals surface area contributed by atoms with E-state index in [0.717, 1.165) is 109 Å². The summed E-state index contributed by atoms with van der Waals surface area (Å²) in [6, 6.07) is 25.0. The van der Waals surface area contributed by atoms with Gasteiger partial charge in [0.25, 0.3) is 0 Å². The van der Waals surface area contributed by atoms with E-state index in [1.165, 1.54) is 107 Å². The van der Waals surface area contributed by atoms with Crippen LogP contribution < -0.4 is 4.74 Å². The summed E-state index contributed by atoms with van der Waals surface area (Å²) in [6.45, 7) is 60.0. The van der Waals surface area contributed by atoms with Gasteiger partial charge in [-0.15, -0.1) is 0 Å². The zero-order valence-corrected chi connectivity index (χ0v) is 69.9. The Morgan fingerprint density at radius 1 is 0.373 bits per heavy atom. The summed E-state index contributed by atoms with van der Waals surface area (Å²) in [5.41, 5.74) is 16.8. The fourth-order valence-electron chi connectivity index (χ4n) is 15.2. The molecule has 0 aliphatic heterocycles. The van der Waals surface area contributed by atoms with Crippen LogP contribution in [-0.2, 0) is 55.5 Å². The number of rotatable bonds is 28. The van der Waals surface area contributed by atoms with E-state index in [1.54, 1.807) is 0 Å². The molecule has 5 N–H and O–H groups in total. The van der Waals surface area contributed by atoms with Crippen molar-refractivity contribution in [3.05, 3.63) is 173 Å². The van der Waals surface area contributed by atoms with Crippen LogP contribution in [0.5, 0.6) is 34.5 Å². The van der Waals surface area contributed by atoms with E-state index in [4.69, 9.17) is 4.74 Å². The summed E-state index contributed by atoms with van der Waals surface area (Å²) in [5, 5.41) is 55.8. The van der Waals surface area contributed by atoms with Crippen molar-refractivity contribution in [2.45, 2.75) is 372 Å². The smallest absolute Gasteiger partial charge is 0.314 e. The fourth-order valence-corrected chi connectivity index (χ4v) is 15.2. The van der Waals surface area contributed by atoms with Gasteiger partial charge >= 0.3 is 5.97 Å². The first-order valence-electron chi connectivity index (χ1n) is 39.5. The van der Waals surface area contributed by atoms with Gasteiger partial charge in [0.2, 0.25) is 0 Å². The largest absolute Gasteiger partial charge is 0.508 e. The Bertz CT molecular complexity index is 3620. The highest BCUT2D eigenvalue weighted by Gasteiger charge is 2.34. The van der Waals surface area contributed by atoms with Gasteiger partial charge in [0.15, 0.2) is 0 Å². The van der Waals surface area contributed by atoms with Crippen LogP contribution in [0.3, 0.4) is 0 Å². The lowest BCUT2D eigenvalue weighted by Gasteiger charge is -2.31. The summed E-state index contributed by atoms with van der Waals surface area (Å²) >= 11 is 0. The highest BCUT2D eigenvalue weighted by atomic mass is 16.5. The molecule has 6 aromatic carbocycles. The summed E-state index contributed by atoms with van der Waals surface area (Å²) in [5.74, 6) is 2.02. The predicted molar refractivity (Wildman–Crippen MR) is 436 cm³/mol. The van der Waals surface area contributed by atoms with Crippen molar-refractivity contribution in [2.24, 2.45) is 5.92 Å². The molecular weight excluding hydrogens is 1250 g/mol. The van der Waals surface area contributed by atoms with Crippen LogP contribution in [0.4, 0.5) is 0 Å². The van der Waals surface area contributed by atoms with Gasteiger partial charge < -0.3 is 30.3 Å². The maximum Gasteiger partial charge on any atom is 0.314 e. The molecule has 6 aromatic rings. The topological polar surface area (TPSA) is 127 Å². The van der Waals surface area contributed by atoms with E-state index >= 15 is 0 Å². The number of carbonyl (C=O) groups is 1. The van der Waals surface area contributed by atoms with Crippen LogP contribution in [-0.4, -0.2) is 31.5 Å². The van der Waals surface area contributed by atoms with Gasteiger partial charge in [0, 0.05) is 17.9 Å². The molecule has 0 radical (unpaired) electrons. The summed E-state index contributed by atoms with van der Waals surface area (Å²) in [4.78, 5) is 14.9. The molecule has 102 heavy (non-hydrogen) atoms. The molecule has 7 nitrogen and oxygen atoms in total. The molecule has 0 bridgehead atoms. The first kappa shape index (κ1) is 86.4. The van der Waals surface area contributed by atoms with Crippen molar-refractivity contribution < 1.29 is 35.1 Å². The zero-order valence-electron chi connectivity index (χ0n) is 69.9. The lowest BCUT2D eigenvalue weighted by atomic mass is 9.74. The van der Waals surface area contributed by atoms with Crippen molar-refractivity contribution in [1.29, 1.82) is 0 Å². The van der Waals surface area contributed by atoms with E-state index < -0.39 is 0 Å². The van der Waals surface area contributed by atoms with Crippen molar-refractivity contribution >= 4 is 5.97 Å². The number of unbranched alkanes of at least 4 members (excludes halogenated alkanes) is 15. The van der Waals surface area contributed by atoms with E-state index in [-0.39, 0.29) is 61.6 Å². The molecule has 0 spiro atoms. The van der Waals surface area contributed by atoms with Gasteiger partial charge in [-0.05, 0) is 199 Å². The molecule has 0 fully saturated rings. The highest BCUT2D eigenvalue weighted by Crippen LogP contribution is 2.48. The molecule has 6 rings (SSSR count). The normalized spacial score (nSPS) is 13.3. The number of phenols is 5. The molecule has 0 amide bonds. The summed E-state index contributed by atoms with van der Waals surface area (Å²) in [6.07, 6.45) is 23.5. The van der Waals surface area contributed by atoms with Crippen molar-refractivity contribution in [3.63, 3.8) is 0 Å². The van der Waals surface area contributed by atoms with Crippen LogP contribution in [0.25, 0.3) is 0 Å². The lowest BCUT2D eigenvalue weighted by molar-refractivity contribution is -0.139. The maximum absolute atomic E-state index is 14.9. The van der Waals surface area contributed by atoms with Gasteiger partial charge in [0.1, 0.15) is 34.5 Å². The van der Waals surface area contributed by atoms with Crippen LogP contribution in [0, 0.1) is 40.5 Å². The van der Waals surface area contributed by atoms with E-state index in [1.807, 2.05) is 18.2 Å². The van der Waals surface area contributed by atoms with Gasteiger partial charge in [-0.2, -0.15) is 0 Å². The Kier molecular flexibility index (Phi) is 30.3. The lowest BCUT2D eigenvalue weighted by Crippen LogP contribution is -2.26. The summed E-state index contributed by atoms with van der Waals surface area (Å²) in [7, 11) is 0. The van der Waals surface area contributed by atoms with Gasteiger partial charge in [-0.3, -0.25) is 4.79 Å². The second-order valence-corrected chi connectivity index (χ2v) is 38.4. The van der Waals surface area contributed by atoms with E-state index in [0.29, 0.717) is 47.3 Å². The Labute approximate surface area is 623 Å². The van der Waals surface area contributed by atoms with Gasteiger partial charge in [0.05, 0.1) is 5.92 Å². The fraction of sp³-hybridized carbons (Fsp3) is 0.611. The molecule has 0 heterocycles. The number of esters is 1. The van der Waals surface area contributed by atoms with Gasteiger partial charge in [-0.1, -0.05) is 328 Å². The number of benzene rings is 6. The van der Waals surface area contributed by atoms with Crippen molar-refractivity contribution in [1.82, 2.24) is 0 Å². The van der Waals surface area contributed by atoms with E-state index in [2.05, 4.69) is 248 Å². The predicted octanol–water partition coefficient (Wildman–Crippen LogP) is 26.9. The Morgan fingerprint density at radius 3 is 1.07 bits per heavy atom. The zero-order chi connectivity index (χ0) is 77.0. The molecular formula is C95H144O7. The molecule has 2 unspecified atom stereocenters. The van der Waals surface area contributed by atoms with E-state index in [9.17, 15) is 30.3 Å². The maximum atomic E-state index is 14.9. The highest BCUT2D eigenvalue weighted by molar-refractivity contribution is 5.77. The quantitative estimate of drug-likeness (QED) is 0.0188. The number of aryl methyl sites for hydroxylation is 5. The number of ether oxygens (including phenoxy) is 1. The number of hydrogen-bond acceptors (Lipinski definition) is 7. The average molecular weight is 1400 g/mol. The monoisotopic (exact) mass is 1400 g/mol. The van der Waals surface area contributed by atoms with Crippen LogP contribution >= 0.6 is 0 Å². The number of phenolic OH excluding ortho intramolecular Hbond substituents is 5. The Morgan fingerprint density at radius 2 is 0.696 bits per heavy atom. The SMILES string of the molecule is CCCCCCCCCCCCCCCCCCC(Cc1cc(C(C)(C)C)c(O)c(C(C)(C)C)c1)C(=O)Oc1c(Cc2cc(C)cc(C(C)(C)C)c2O)cc(C)cc1C(C)(C)C.Cc1cc(O)c(C(C)(C)C)cc1C(C)CC(c1cc(C(C)(C)C)c(O)cc1C)c1cc(C(C)(C)C)c(O)cc1C. The Hall–Kier alpha value is -6.21. The average Bonchev–Trinajstić information content (AvgIpc) is 0.778. The minimum Gasteiger partial charge on any atom is -0.508 e. The molecule has 0 aromatic heterocycles. The molecule has 0 saturated carbocycles. The number of aromatic hydroxyl groups is 5. The molecule has 0 saturated heterocycles. The minimum absolute atomic E-state index is 0.0460. The third-order valence-corrected chi connectivity index (χ3v) is 21.3. The number of carbonyl (C=O) groups excluding carboxylic acids is 1. The van der Waals surface area contributed by atoms with Crippen molar-refractivity contribution in [2.75, 3.05) is 0 Å². The first-order chi connectivity index (χ1) is 47.0. The van der Waals surface area contributed by atoms with Crippen LogP contribution in [0.2, 0.25) is 0 Å². The second-order valence-electron chi connectivity index (χ2n) is 38.4. The number of hydrogen-bond donors (Lipinski definition) is 5. The van der Waals surface area contributed by atoms with Gasteiger partial charge in [-0.25, -0.2) is 0 Å². The minimum atomic E-state index is -0.353. The molecule has 0 aliphatic rings. The molecule has 7 heteroatoms. The molecule has 566 valence electrons. The third kappa shape index (κ3) is 24.4. The molecule has 2 atom stereocenters.